The SMILES string of the molecule is CNC(=O)C1CCN(S(=O)(=O)c2cccc(C(C)=O)c2)CC1. The van der Waals surface area contributed by atoms with Crippen molar-refractivity contribution >= 4 is 21.7 Å². The molecule has 0 aromatic heterocycles. The van der Waals surface area contributed by atoms with Gasteiger partial charge >= 0.3 is 0 Å². The number of Topliss-reactive ketones (excluding diaryl/α,β-unsaturated/α-hetero) is 1. The number of carbonyl (C=O) groups excluding carboxylic acids is 2. The monoisotopic (exact) mass is 324 g/mol. The number of hydrogen-bond acceptors (Lipinski definition) is 4. The van der Waals surface area contributed by atoms with Crippen molar-refractivity contribution in [2.45, 2.75) is 24.7 Å². The minimum absolute atomic E-state index is 0.0457. The van der Waals surface area contributed by atoms with Gasteiger partial charge in [-0.1, -0.05) is 12.1 Å². The van der Waals surface area contributed by atoms with Gasteiger partial charge in [0.15, 0.2) is 5.78 Å². The van der Waals surface area contributed by atoms with Crippen molar-refractivity contribution in [3.63, 3.8) is 0 Å². The van der Waals surface area contributed by atoms with Gasteiger partial charge in [0.2, 0.25) is 15.9 Å². The van der Waals surface area contributed by atoms with Crippen molar-refractivity contribution in [2.24, 2.45) is 5.92 Å². The van der Waals surface area contributed by atoms with Crippen LogP contribution in [0.15, 0.2) is 29.2 Å². The van der Waals surface area contributed by atoms with Gasteiger partial charge in [0, 0.05) is 31.6 Å². The Morgan fingerprint density at radius 2 is 1.86 bits per heavy atom. The normalized spacial score (nSPS) is 17.2. The number of nitrogens with zero attached hydrogens (tertiary/aromatic N) is 1. The van der Waals surface area contributed by atoms with E-state index in [2.05, 4.69) is 5.32 Å². The molecule has 1 heterocycles. The van der Waals surface area contributed by atoms with E-state index in [1.165, 1.54) is 23.4 Å². The topological polar surface area (TPSA) is 83.6 Å². The molecule has 0 aliphatic carbocycles. The van der Waals surface area contributed by atoms with Gasteiger partial charge in [-0.3, -0.25) is 9.59 Å². The molecular formula is C15H20N2O4S. The number of amides is 1. The fraction of sp³-hybridized carbons (Fsp3) is 0.467. The second-order valence-corrected chi connectivity index (χ2v) is 7.31. The third-order valence-corrected chi connectivity index (χ3v) is 5.84. The smallest absolute Gasteiger partial charge is 0.243 e. The molecule has 0 spiro atoms. The number of nitrogens with one attached hydrogen (secondary N) is 1. The first-order valence-electron chi connectivity index (χ1n) is 7.19. The van der Waals surface area contributed by atoms with Crippen LogP contribution in [0.25, 0.3) is 0 Å². The molecule has 6 nitrogen and oxygen atoms in total. The molecule has 1 fully saturated rings. The highest BCUT2D eigenvalue weighted by molar-refractivity contribution is 7.89. The summed E-state index contributed by atoms with van der Waals surface area (Å²) in [4.78, 5) is 23.1. The van der Waals surface area contributed by atoms with Gasteiger partial charge in [0.05, 0.1) is 4.90 Å². The number of hydrogen-bond donors (Lipinski definition) is 1. The summed E-state index contributed by atoms with van der Waals surface area (Å²) in [6.07, 6.45) is 1.01. The van der Waals surface area contributed by atoms with Gasteiger partial charge in [0.25, 0.3) is 0 Å². The predicted octanol–water partition coefficient (Wildman–Crippen LogP) is 1.04. The summed E-state index contributed by atoms with van der Waals surface area (Å²) < 4.78 is 26.6. The van der Waals surface area contributed by atoms with Crippen molar-refractivity contribution < 1.29 is 18.0 Å². The van der Waals surface area contributed by atoms with Crippen LogP contribution in [0.3, 0.4) is 0 Å². The third kappa shape index (κ3) is 3.36. The predicted molar refractivity (Wildman–Crippen MR) is 82.0 cm³/mol. The van der Waals surface area contributed by atoms with E-state index in [0.29, 0.717) is 31.5 Å². The molecule has 0 saturated carbocycles. The van der Waals surface area contributed by atoms with E-state index < -0.39 is 10.0 Å². The first-order chi connectivity index (χ1) is 10.4. The lowest BCUT2D eigenvalue weighted by molar-refractivity contribution is -0.125. The molecule has 1 amide bonds. The molecule has 1 aliphatic heterocycles. The molecule has 1 aromatic rings. The number of piperidine rings is 1. The average molecular weight is 324 g/mol. The Kier molecular flexibility index (Phi) is 4.97. The van der Waals surface area contributed by atoms with E-state index in [9.17, 15) is 18.0 Å². The Hall–Kier alpha value is -1.73. The minimum atomic E-state index is -3.62. The number of rotatable bonds is 4. The zero-order chi connectivity index (χ0) is 16.3. The second kappa shape index (κ2) is 6.58. The Labute approximate surface area is 130 Å². The van der Waals surface area contributed by atoms with Gasteiger partial charge in [-0.2, -0.15) is 4.31 Å². The summed E-state index contributed by atoms with van der Waals surface area (Å²) in [7, 11) is -2.04. The lowest BCUT2D eigenvalue weighted by atomic mass is 9.97. The molecule has 120 valence electrons. The molecule has 1 N–H and O–H groups in total. The minimum Gasteiger partial charge on any atom is -0.359 e. The zero-order valence-corrected chi connectivity index (χ0v) is 13.5. The lowest BCUT2D eigenvalue weighted by Crippen LogP contribution is -2.42. The van der Waals surface area contributed by atoms with Crippen molar-refractivity contribution in [3.8, 4) is 0 Å². The summed E-state index contributed by atoms with van der Waals surface area (Å²) >= 11 is 0. The van der Waals surface area contributed by atoms with Crippen LogP contribution >= 0.6 is 0 Å². The van der Waals surface area contributed by atoms with E-state index >= 15 is 0 Å². The maximum Gasteiger partial charge on any atom is 0.243 e. The number of ketones is 1. The second-order valence-electron chi connectivity index (χ2n) is 5.38. The zero-order valence-electron chi connectivity index (χ0n) is 12.7. The molecule has 1 aromatic carbocycles. The highest BCUT2D eigenvalue weighted by atomic mass is 32.2. The summed E-state index contributed by atoms with van der Waals surface area (Å²) in [5, 5.41) is 2.60. The summed E-state index contributed by atoms with van der Waals surface area (Å²) in [5.41, 5.74) is 0.376. The first kappa shape index (κ1) is 16.6. The number of carbonyl (C=O) groups is 2. The third-order valence-electron chi connectivity index (χ3n) is 3.95. The molecule has 0 atom stereocenters. The van der Waals surface area contributed by atoms with E-state index in [-0.39, 0.29) is 22.5 Å². The summed E-state index contributed by atoms with van der Waals surface area (Å²) in [6.45, 7) is 2.02. The Morgan fingerprint density at radius 3 is 2.41 bits per heavy atom. The summed E-state index contributed by atoms with van der Waals surface area (Å²) in [6, 6.07) is 6.06. The standard InChI is InChI=1S/C15H20N2O4S/c1-11(18)13-4-3-5-14(10-13)22(20,21)17-8-6-12(7-9-17)15(19)16-2/h3-5,10,12H,6-9H2,1-2H3,(H,16,19). The average Bonchev–Trinajstić information content (AvgIpc) is 2.54. The van der Waals surface area contributed by atoms with Gasteiger partial charge in [-0.15, -0.1) is 0 Å². The molecule has 2 rings (SSSR count). The van der Waals surface area contributed by atoms with Crippen molar-refractivity contribution in [1.29, 1.82) is 0 Å². The van der Waals surface area contributed by atoms with Crippen LogP contribution in [0.4, 0.5) is 0 Å². The van der Waals surface area contributed by atoms with Crippen LogP contribution in [0.1, 0.15) is 30.1 Å². The Bertz CT molecular complexity index is 677. The maximum atomic E-state index is 12.6. The Morgan fingerprint density at radius 1 is 1.23 bits per heavy atom. The highest BCUT2D eigenvalue weighted by Gasteiger charge is 2.31. The van der Waals surface area contributed by atoms with Crippen LogP contribution in [0, 0.1) is 5.92 Å². The van der Waals surface area contributed by atoms with Crippen LogP contribution < -0.4 is 5.32 Å². The van der Waals surface area contributed by atoms with Gasteiger partial charge < -0.3 is 5.32 Å². The lowest BCUT2D eigenvalue weighted by Gasteiger charge is -2.30. The van der Waals surface area contributed by atoms with E-state index in [1.54, 1.807) is 19.2 Å². The van der Waals surface area contributed by atoms with Crippen LogP contribution in [0.2, 0.25) is 0 Å². The Balaban J connectivity index is 2.17. The van der Waals surface area contributed by atoms with Gasteiger partial charge in [-0.05, 0) is 31.9 Å². The van der Waals surface area contributed by atoms with Gasteiger partial charge in [0.1, 0.15) is 0 Å². The van der Waals surface area contributed by atoms with E-state index in [0.717, 1.165) is 0 Å². The highest BCUT2D eigenvalue weighted by Crippen LogP contribution is 2.24. The van der Waals surface area contributed by atoms with Crippen LogP contribution in [-0.2, 0) is 14.8 Å². The van der Waals surface area contributed by atoms with Crippen LogP contribution in [-0.4, -0.2) is 44.6 Å². The molecule has 0 unspecified atom stereocenters. The fourth-order valence-electron chi connectivity index (χ4n) is 2.59. The fourth-order valence-corrected chi connectivity index (χ4v) is 4.10. The van der Waals surface area contributed by atoms with E-state index in [4.69, 9.17) is 0 Å². The molecule has 0 radical (unpaired) electrons. The first-order valence-corrected chi connectivity index (χ1v) is 8.63. The number of sulfonamides is 1. The molecule has 1 saturated heterocycles. The molecule has 0 bridgehead atoms. The van der Waals surface area contributed by atoms with Crippen molar-refractivity contribution in [3.05, 3.63) is 29.8 Å². The molecule has 22 heavy (non-hydrogen) atoms. The van der Waals surface area contributed by atoms with E-state index in [1.807, 2.05) is 0 Å². The number of benzene rings is 1. The molecule has 1 aliphatic rings. The van der Waals surface area contributed by atoms with Crippen LogP contribution in [0.5, 0.6) is 0 Å². The molecule has 7 heteroatoms. The quantitative estimate of drug-likeness (QED) is 0.839. The van der Waals surface area contributed by atoms with Gasteiger partial charge in [-0.25, -0.2) is 8.42 Å². The molecular weight excluding hydrogens is 304 g/mol. The van der Waals surface area contributed by atoms with Crippen molar-refractivity contribution in [2.75, 3.05) is 20.1 Å². The maximum absolute atomic E-state index is 12.6. The largest absolute Gasteiger partial charge is 0.359 e. The van der Waals surface area contributed by atoms with Crippen molar-refractivity contribution in [1.82, 2.24) is 9.62 Å². The summed E-state index contributed by atoms with van der Waals surface area (Å²) in [5.74, 6) is -0.356.